The highest BCUT2D eigenvalue weighted by Crippen LogP contribution is 2.35. The number of nitro benzene ring substituents is 1. The molecule has 0 saturated heterocycles. The van der Waals surface area contributed by atoms with Gasteiger partial charge in [0.05, 0.1) is 10.5 Å². The summed E-state index contributed by atoms with van der Waals surface area (Å²) in [7, 11) is 0. The quantitative estimate of drug-likeness (QED) is 0.283. The molecule has 0 aliphatic carbocycles. The number of benzene rings is 1. The Morgan fingerprint density at radius 2 is 2.00 bits per heavy atom. The van der Waals surface area contributed by atoms with Gasteiger partial charge in [-0.3, -0.25) is 10.1 Å². The molecule has 0 saturated carbocycles. The van der Waals surface area contributed by atoms with E-state index in [2.05, 4.69) is 0 Å². The summed E-state index contributed by atoms with van der Waals surface area (Å²) in [5.41, 5.74) is 12.0. The summed E-state index contributed by atoms with van der Waals surface area (Å²) in [6.45, 7) is 0.394. The maximum Gasteiger partial charge on any atom is 0.275 e. The van der Waals surface area contributed by atoms with Crippen LogP contribution in [0.15, 0.2) is 24.3 Å². The predicted molar refractivity (Wildman–Crippen MR) is 73.9 cm³/mol. The third kappa shape index (κ3) is 3.55. The van der Waals surface area contributed by atoms with E-state index in [9.17, 15) is 10.1 Å². The van der Waals surface area contributed by atoms with Gasteiger partial charge in [-0.25, -0.2) is 0 Å². The highest BCUT2D eigenvalue weighted by Gasteiger charge is 2.29. The first-order valence-corrected chi connectivity index (χ1v) is 5.48. The molecule has 1 rings (SSSR count). The van der Waals surface area contributed by atoms with Gasteiger partial charge in [-0.2, -0.15) is 0 Å². The van der Waals surface area contributed by atoms with E-state index in [4.69, 9.17) is 11.5 Å². The van der Waals surface area contributed by atoms with Crippen molar-refractivity contribution < 1.29 is 4.92 Å². The fraction of sp³-hybridized carbons (Fsp3) is 0.333. The lowest BCUT2D eigenvalue weighted by atomic mass is 10.0. The zero-order chi connectivity index (χ0) is 11.5. The standard InChI is InChI=1S/C9H12IN3O2.ClH/c10-9(12,5-6-11)7-3-1-2-4-8(7)13(14)15;/h1-4H,5-6,11-12H2;1H. The van der Waals surface area contributed by atoms with Gasteiger partial charge in [0.1, 0.15) is 3.55 Å². The van der Waals surface area contributed by atoms with Crippen molar-refractivity contribution in [2.45, 2.75) is 9.97 Å². The van der Waals surface area contributed by atoms with Crippen LogP contribution in [0.1, 0.15) is 12.0 Å². The molecule has 7 heteroatoms. The van der Waals surface area contributed by atoms with Gasteiger partial charge in [-0.05, 0) is 19.0 Å². The maximum atomic E-state index is 10.8. The molecule has 0 radical (unpaired) electrons. The second-order valence-corrected chi connectivity index (χ2v) is 5.10. The van der Waals surface area contributed by atoms with Crippen molar-refractivity contribution in [1.29, 1.82) is 0 Å². The van der Waals surface area contributed by atoms with Gasteiger partial charge >= 0.3 is 0 Å². The molecular formula is C9H13ClIN3O2. The van der Waals surface area contributed by atoms with E-state index >= 15 is 0 Å². The van der Waals surface area contributed by atoms with Gasteiger partial charge in [0.25, 0.3) is 5.69 Å². The molecule has 1 unspecified atom stereocenters. The smallest absolute Gasteiger partial charge is 0.275 e. The first-order valence-electron chi connectivity index (χ1n) is 4.41. The van der Waals surface area contributed by atoms with Crippen LogP contribution < -0.4 is 11.5 Å². The fourth-order valence-corrected chi connectivity index (χ4v) is 2.10. The van der Waals surface area contributed by atoms with Gasteiger partial charge in [-0.1, -0.05) is 34.7 Å². The molecule has 0 fully saturated rings. The Hall–Kier alpha value is -0.440. The normalized spacial score (nSPS) is 13.7. The summed E-state index contributed by atoms with van der Waals surface area (Å²) in [6, 6.07) is 6.47. The Morgan fingerprint density at radius 3 is 2.50 bits per heavy atom. The van der Waals surface area contributed by atoms with E-state index in [-0.39, 0.29) is 18.1 Å². The summed E-state index contributed by atoms with van der Waals surface area (Å²) in [6.07, 6.45) is 0.498. The van der Waals surface area contributed by atoms with Crippen molar-refractivity contribution >= 4 is 40.7 Å². The molecule has 0 spiro atoms. The molecule has 4 N–H and O–H groups in total. The molecule has 1 atom stereocenters. The van der Waals surface area contributed by atoms with Crippen molar-refractivity contribution in [3.63, 3.8) is 0 Å². The molecule has 0 amide bonds. The number of para-hydroxylation sites is 1. The highest BCUT2D eigenvalue weighted by atomic mass is 127. The molecule has 0 heterocycles. The Labute approximate surface area is 113 Å². The second-order valence-electron chi connectivity index (χ2n) is 3.18. The van der Waals surface area contributed by atoms with Crippen LogP contribution in [-0.4, -0.2) is 11.5 Å². The minimum atomic E-state index is -0.782. The molecule has 16 heavy (non-hydrogen) atoms. The van der Waals surface area contributed by atoms with Crippen molar-refractivity contribution in [2.24, 2.45) is 11.5 Å². The van der Waals surface area contributed by atoms with Gasteiger partial charge in [0.2, 0.25) is 0 Å². The van der Waals surface area contributed by atoms with Gasteiger partial charge in [-0.15, -0.1) is 12.4 Å². The summed E-state index contributed by atoms with van der Waals surface area (Å²) in [5, 5.41) is 10.8. The maximum absolute atomic E-state index is 10.8. The molecule has 5 nitrogen and oxygen atoms in total. The van der Waals surface area contributed by atoms with Crippen LogP contribution >= 0.6 is 35.0 Å². The summed E-state index contributed by atoms with van der Waals surface area (Å²) < 4.78 is -0.782. The first-order chi connectivity index (χ1) is 6.99. The number of nitrogens with zero attached hydrogens (tertiary/aromatic N) is 1. The molecule has 1 aromatic carbocycles. The minimum Gasteiger partial charge on any atom is -0.330 e. The summed E-state index contributed by atoms with van der Waals surface area (Å²) in [5.74, 6) is 0. The largest absolute Gasteiger partial charge is 0.330 e. The molecule has 1 aromatic rings. The van der Waals surface area contributed by atoms with E-state index in [0.717, 1.165) is 0 Å². The van der Waals surface area contributed by atoms with E-state index in [0.29, 0.717) is 18.5 Å². The minimum absolute atomic E-state index is 0. The molecule has 0 bridgehead atoms. The Kier molecular flexibility index (Phi) is 6.16. The van der Waals surface area contributed by atoms with Crippen molar-refractivity contribution in [2.75, 3.05) is 6.54 Å². The molecular weight excluding hydrogens is 344 g/mol. The number of nitrogens with two attached hydrogens (primary N) is 2. The highest BCUT2D eigenvalue weighted by molar-refractivity contribution is 14.1. The number of hydrogen-bond acceptors (Lipinski definition) is 4. The van der Waals surface area contributed by atoms with Crippen LogP contribution in [-0.2, 0) is 3.55 Å². The lowest BCUT2D eigenvalue weighted by molar-refractivity contribution is -0.385. The van der Waals surface area contributed by atoms with Crippen molar-refractivity contribution in [3.8, 4) is 0 Å². The number of hydrogen-bond donors (Lipinski definition) is 2. The van der Waals surface area contributed by atoms with Gasteiger partial charge < -0.3 is 11.5 Å². The number of nitro groups is 1. The zero-order valence-corrected chi connectivity index (χ0v) is 11.4. The van der Waals surface area contributed by atoms with E-state index in [1.54, 1.807) is 18.2 Å². The monoisotopic (exact) mass is 357 g/mol. The van der Waals surface area contributed by atoms with Crippen LogP contribution in [0, 0.1) is 10.1 Å². The summed E-state index contributed by atoms with van der Waals surface area (Å²) >= 11 is 1.99. The first kappa shape index (κ1) is 15.6. The average Bonchev–Trinajstić information content (AvgIpc) is 2.17. The zero-order valence-electron chi connectivity index (χ0n) is 8.43. The topological polar surface area (TPSA) is 95.2 Å². The molecule has 90 valence electrons. The SMILES string of the molecule is Cl.NCCC(N)(I)c1ccccc1[N+](=O)[O-]. The van der Waals surface area contributed by atoms with Crippen LogP contribution in [0.2, 0.25) is 0 Å². The van der Waals surface area contributed by atoms with Gasteiger partial charge in [0, 0.05) is 6.07 Å². The Bertz CT molecular complexity index is 374. The lowest BCUT2D eigenvalue weighted by Gasteiger charge is -2.21. The van der Waals surface area contributed by atoms with Crippen molar-refractivity contribution in [3.05, 3.63) is 39.9 Å². The van der Waals surface area contributed by atoms with E-state index < -0.39 is 8.47 Å². The third-order valence-electron chi connectivity index (χ3n) is 2.06. The van der Waals surface area contributed by atoms with Crippen LogP contribution in [0.3, 0.4) is 0 Å². The van der Waals surface area contributed by atoms with E-state index in [1.807, 2.05) is 22.6 Å². The number of halogens is 2. The second kappa shape index (κ2) is 6.33. The van der Waals surface area contributed by atoms with Crippen molar-refractivity contribution in [1.82, 2.24) is 0 Å². The number of alkyl halides is 1. The van der Waals surface area contributed by atoms with Gasteiger partial charge in [0.15, 0.2) is 0 Å². The predicted octanol–water partition coefficient (Wildman–Crippen LogP) is 1.91. The van der Waals surface area contributed by atoms with E-state index in [1.165, 1.54) is 6.07 Å². The Balaban J connectivity index is 0.00000225. The van der Waals surface area contributed by atoms with Crippen LogP contribution in [0.25, 0.3) is 0 Å². The van der Waals surface area contributed by atoms with Crippen LogP contribution in [0.5, 0.6) is 0 Å². The molecule has 0 aliphatic heterocycles. The average molecular weight is 358 g/mol. The molecule has 0 aliphatic rings. The Morgan fingerprint density at radius 1 is 1.44 bits per heavy atom. The third-order valence-corrected chi connectivity index (χ3v) is 3.18. The summed E-state index contributed by atoms with van der Waals surface area (Å²) in [4.78, 5) is 10.4. The molecule has 0 aromatic heterocycles. The lowest BCUT2D eigenvalue weighted by Crippen LogP contribution is -2.32. The van der Waals surface area contributed by atoms with Crippen LogP contribution in [0.4, 0.5) is 5.69 Å². The number of rotatable bonds is 4. The fourth-order valence-electron chi connectivity index (χ4n) is 1.33.